The lowest BCUT2D eigenvalue weighted by atomic mass is 10.1. The molecule has 0 unspecified atom stereocenters. The topological polar surface area (TPSA) is 43.4 Å². The molecule has 0 N–H and O–H groups in total. The number of ether oxygens (including phenoxy) is 1. The number of cyclic esters (lactones) is 1. The summed E-state index contributed by atoms with van der Waals surface area (Å²) in [6, 6.07) is 5.51. The number of esters is 1. The van der Waals surface area contributed by atoms with Gasteiger partial charge in [-0.15, -0.1) is 0 Å². The van der Waals surface area contributed by atoms with Crippen molar-refractivity contribution in [2.24, 2.45) is 0 Å². The van der Waals surface area contributed by atoms with E-state index in [2.05, 4.69) is 11.8 Å². The molecule has 1 aliphatic rings. The molecule has 1 heterocycles. The van der Waals surface area contributed by atoms with Crippen LogP contribution in [0.15, 0.2) is 18.2 Å². The van der Waals surface area contributed by atoms with Gasteiger partial charge in [-0.1, -0.05) is 29.7 Å². The molecular weight excluding hydrogens is 248 g/mol. The number of hydrogen-bond donors (Lipinski definition) is 0. The first-order valence-corrected chi connectivity index (χ1v) is 6.57. The van der Waals surface area contributed by atoms with Gasteiger partial charge in [0.25, 0.3) is 0 Å². The van der Waals surface area contributed by atoms with Gasteiger partial charge in [-0.25, -0.2) is 4.79 Å². The van der Waals surface area contributed by atoms with Gasteiger partial charge in [0.05, 0.1) is 5.56 Å². The summed E-state index contributed by atoms with van der Waals surface area (Å²) < 4.78 is 4.92. The molecule has 4 heteroatoms. The summed E-state index contributed by atoms with van der Waals surface area (Å²) in [6.45, 7) is 1.90. The number of carbonyl (C=O) groups is 2. The van der Waals surface area contributed by atoms with Crippen LogP contribution in [-0.4, -0.2) is 16.8 Å². The molecule has 1 aliphatic heterocycles. The number of fused-ring (bicyclic) bond motifs is 1. The van der Waals surface area contributed by atoms with E-state index >= 15 is 0 Å². The molecule has 1 aromatic rings. The second-order valence-electron chi connectivity index (χ2n) is 3.84. The standard InChI is InChI=1S/C14H12O3S/c1-10(15)18-7-3-2-4-11-5-6-12-9-17-14(16)13(12)8-11/h5-6,8H,3,7,9H2,1H3. The fourth-order valence-electron chi connectivity index (χ4n) is 1.60. The van der Waals surface area contributed by atoms with Crippen molar-refractivity contribution >= 4 is 22.8 Å². The number of thioether (sulfide) groups is 1. The van der Waals surface area contributed by atoms with Gasteiger partial charge in [-0.2, -0.15) is 0 Å². The molecule has 0 radical (unpaired) electrons. The second-order valence-corrected chi connectivity index (χ2v) is 5.11. The first kappa shape index (κ1) is 12.7. The third-order valence-electron chi connectivity index (χ3n) is 2.45. The summed E-state index contributed by atoms with van der Waals surface area (Å²) in [7, 11) is 0. The Labute approximate surface area is 110 Å². The fraction of sp³-hybridized carbons (Fsp3) is 0.286. The van der Waals surface area contributed by atoms with Gasteiger partial charge < -0.3 is 4.74 Å². The lowest BCUT2D eigenvalue weighted by molar-refractivity contribution is -0.109. The molecule has 0 spiro atoms. The Hall–Kier alpha value is -1.73. The van der Waals surface area contributed by atoms with Crippen molar-refractivity contribution in [3.8, 4) is 11.8 Å². The van der Waals surface area contributed by atoms with Crippen molar-refractivity contribution in [3.63, 3.8) is 0 Å². The highest BCUT2D eigenvalue weighted by atomic mass is 32.2. The Morgan fingerprint density at radius 1 is 1.50 bits per heavy atom. The second kappa shape index (κ2) is 5.74. The van der Waals surface area contributed by atoms with E-state index in [9.17, 15) is 9.59 Å². The predicted octanol–water partition coefficient (Wildman–Crippen LogP) is 2.38. The van der Waals surface area contributed by atoms with Crippen LogP contribution in [0.3, 0.4) is 0 Å². The van der Waals surface area contributed by atoms with Crippen LogP contribution in [0.1, 0.15) is 34.8 Å². The number of hydrogen-bond acceptors (Lipinski definition) is 4. The highest BCUT2D eigenvalue weighted by Crippen LogP contribution is 2.20. The molecule has 0 saturated heterocycles. The van der Waals surface area contributed by atoms with E-state index in [4.69, 9.17) is 4.74 Å². The Bertz CT molecular complexity index is 552. The Kier molecular flexibility index (Phi) is 4.06. The van der Waals surface area contributed by atoms with E-state index in [1.807, 2.05) is 12.1 Å². The van der Waals surface area contributed by atoms with Gasteiger partial charge >= 0.3 is 5.97 Å². The molecule has 1 aromatic carbocycles. The minimum atomic E-state index is -0.277. The quantitative estimate of drug-likeness (QED) is 0.465. The molecule has 0 bridgehead atoms. The normalized spacial score (nSPS) is 12.4. The summed E-state index contributed by atoms with van der Waals surface area (Å²) in [6.07, 6.45) is 0.659. The average molecular weight is 260 g/mol. The van der Waals surface area contributed by atoms with Gasteiger partial charge in [0, 0.05) is 30.2 Å². The maximum atomic E-state index is 11.4. The Morgan fingerprint density at radius 2 is 2.33 bits per heavy atom. The van der Waals surface area contributed by atoms with Crippen LogP contribution in [0.25, 0.3) is 0 Å². The monoisotopic (exact) mass is 260 g/mol. The molecule has 18 heavy (non-hydrogen) atoms. The fourth-order valence-corrected chi connectivity index (χ4v) is 2.09. The minimum Gasteiger partial charge on any atom is -0.457 e. The molecular formula is C14H12O3S. The molecule has 92 valence electrons. The van der Waals surface area contributed by atoms with E-state index in [0.29, 0.717) is 24.3 Å². The molecule has 0 atom stereocenters. The van der Waals surface area contributed by atoms with Crippen LogP contribution in [0.5, 0.6) is 0 Å². The van der Waals surface area contributed by atoms with Gasteiger partial charge in [0.2, 0.25) is 0 Å². The van der Waals surface area contributed by atoms with Crippen molar-refractivity contribution in [2.45, 2.75) is 20.0 Å². The van der Waals surface area contributed by atoms with E-state index in [1.54, 1.807) is 13.0 Å². The third kappa shape index (κ3) is 3.14. The molecule has 0 aliphatic carbocycles. The summed E-state index contributed by atoms with van der Waals surface area (Å²) in [5.74, 6) is 6.40. The van der Waals surface area contributed by atoms with E-state index < -0.39 is 0 Å². The molecule has 0 aromatic heterocycles. The summed E-state index contributed by atoms with van der Waals surface area (Å²) in [5.41, 5.74) is 2.33. The van der Waals surface area contributed by atoms with Crippen LogP contribution >= 0.6 is 11.8 Å². The molecule has 0 amide bonds. The first-order valence-electron chi connectivity index (χ1n) is 5.59. The molecule has 3 nitrogen and oxygen atoms in total. The van der Waals surface area contributed by atoms with Crippen LogP contribution in [0.4, 0.5) is 0 Å². The largest absolute Gasteiger partial charge is 0.457 e. The number of rotatable bonds is 2. The molecule has 2 rings (SSSR count). The number of benzene rings is 1. The van der Waals surface area contributed by atoms with Crippen molar-refractivity contribution in [3.05, 3.63) is 34.9 Å². The van der Waals surface area contributed by atoms with Gasteiger partial charge in [-0.3, -0.25) is 4.79 Å². The lowest BCUT2D eigenvalue weighted by Gasteiger charge is -1.94. The van der Waals surface area contributed by atoms with Gasteiger partial charge in [-0.05, 0) is 12.1 Å². The third-order valence-corrected chi connectivity index (χ3v) is 3.27. The summed E-state index contributed by atoms with van der Waals surface area (Å²) in [4.78, 5) is 22.1. The highest BCUT2D eigenvalue weighted by Gasteiger charge is 2.20. The summed E-state index contributed by atoms with van der Waals surface area (Å²) >= 11 is 1.27. The summed E-state index contributed by atoms with van der Waals surface area (Å²) in [5, 5.41) is 0.108. The lowest BCUT2D eigenvalue weighted by Crippen LogP contribution is -1.93. The number of carbonyl (C=O) groups excluding carboxylic acids is 2. The predicted molar refractivity (Wildman–Crippen MR) is 70.2 cm³/mol. The van der Waals surface area contributed by atoms with Crippen LogP contribution in [0.2, 0.25) is 0 Å². The van der Waals surface area contributed by atoms with Crippen LogP contribution in [0, 0.1) is 11.8 Å². The zero-order valence-electron chi connectivity index (χ0n) is 9.99. The van der Waals surface area contributed by atoms with E-state index in [-0.39, 0.29) is 11.1 Å². The first-order chi connectivity index (χ1) is 8.66. The SMILES string of the molecule is CC(=O)SCCC#Cc1ccc2c(c1)C(=O)OC2. The van der Waals surface area contributed by atoms with Crippen molar-refractivity contribution in [1.82, 2.24) is 0 Å². The molecule has 0 fully saturated rings. The Balaban J connectivity index is 1.98. The minimum absolute atomic E-state index is 0.108. The van der Waals surface area contributed by atoms with Crippen LogP contribution in [-0.2, 0) is 16.1 Å². The highest BCUT2D eigenvalue weighted by molar-refractivity contribution is 8.13. The van der Waals surface area contributed by atoms with E-state index in [0.717, 1.165) is 11.1 Å². The molecule has 0 saturated carbocycles. The van der Waals surface area contributed by atoms with Crippen molar-refractivity contribution < 1.29 is 14.3 Å². The zero-order valence-corrected chi connectivity index (χ0v) is 10.8. The van der Waals surface area contributed by atoms with Crippen molar-refractivity contribution in [1.29, 1.82) is 0 Å². The van der Waals surface area contributed by atoms with Crippen molar-refractivity contribution in [2.75, 3.05) is 5.75 Å². The van der Waals surface area contributed by atoms with Gasteiger partial charge in [0.15, 0.2) is 5.12 Å². The zero-order chi connectivity index (χ0) is 13.0. The maximum absolute atomic E-state index is 11.4. The smallest absolute Gasteiger partial charge is 0.338 e. The maximum Gasteiger partial charge on any atom is 0.338 e. The van der Waals surface area contributed by atoms with E-state index in [1.165, 1.54) is 11.8 Å². The van der Waals surface area contributed by atoms with Gasteiger partial charge in [0.1, 0.15) is 6.61 Å². The Morgan fingerprint density at radius 3 is 3.11 bits per heavy atom. The van der Waals surface area contributed by atoms with Crippen LogP contribution < -0.4 is 0 Å². The average Bonchev–Trinajstić information content (AvgIpc) is 2.70.